The summed E-state index contributed by atoms with van der Waals surface area (Å²) in [5.74, 6) is 0.456. The highest BCUT2D eigenvalue weighted by Gasteiger charge is 2.15. The highest BCUT2D eigenvalue weighted by molar-refractivity contribution is 7.90. The molecule has 0 saturated carbocycles. The van der Waals surface area contributed by atoms with Crippen LogP contribution in [-0.2, 0) is 28.6 Å². The van der Waals surface area contributed by atoms with Gasteiger partial charge in [0.2, 0.25) is 0 Å². The molecular weight excluding hydrogens is 408 g/mol. The quantitative estimate of drug-likeness (QED) is 0.536. The predicted octanol–water partition coefficient (Wildman–Crippen LogP) is 2.91. The van der Waals surface area contributed by atoms with E-state index in [1.807, 2.05) is 11.5 Å². The maximum absolute atomic E-state index is 12.5. The molecule has 0 fully saturated rings. The number of aromatic nitrogens is 3. The van der Waals surface area contributed by atoms with Gasteiger partial charge in [0, 0.05) is 25.1 Å². The normalized spacial score (nSPS) is 11.3. The third-order valence-corrected chi connectivity index (χ3v) is 6.48. The van der Waals surface area contributed by atoms with E-state index in [0.717, 1.165) is 5.82 Å². The Kier molecular flexibility index (Phi) is 6.60. The van der Waals surface area contributed by atoms with Gasteiger partial charge < -0.3 is 9.88 Å². The molecule has 3 rings (SSSR count). The predicted molar refractivity (Wildman–Crippen MR) is 113 cm³/mol. The van der Waals surface area contributed by atoms with Crippen LogP contribution in [0.2, 0.25) is 0 Å². The Morgan fingerprint density at radius 3 is 2.48 bits per heavy atom. The average molecular weight is 431 g/mol. The van der Waals surface area contributed by atoms with Crippen LogP contribution in [0.15, 0.2) is 59.5 Å². The second-order valence-electron chi connectivity index (χ2n) is 6.46. The molecule has 29 heavy (non-hydrogen) atoms. The van der Waals surface area contributed by atoms with Crippen LogP contribution in [0.4, 0.5) is 0 Å². The van der Waals surface area contributed by atoms with Crippen molar-refractivity contribution in [3.63, 3.8) is 0 Å². The summed E-state index contributed by atoms with van der Waals surface area (Å²) in [5, 5.41) is 9.76. The van der Waals surface area contributed by atoms with Crippen LogP contribution in [0.5, 0.6) is 0 Å². The smallest absolute Gasteiger partial charge is 0.251 e. The van der Waals surface area contributed by atoms with Gasteiger partial charge >= 0.3 is 0 Å². The molecule has 0 aliphatic rings. The van der Waals surface area contributed by atoms with E-state index in [4.69, 9.17) is 12.2 Å². The first-order chi connectivity index (χ1) is 13.9. The molecule has 3 aromatic rings. The molecule has 0 aliphatic heterocycles. The van der Waals surface area contributed by atoms with Crippen molar-refractivity contribution in [2.24, 2.45) is 0 Å². The summed E-state index contributed by atoms with van der Waals surface area (Å²) in [6, 6.07) is 14.9. The topological polar surface area (TPSA) is 96.8 Å². The lowest BCUT2D eigenvalue weighted by Gasteiger charge is -2.08. The molecule has 7 nitrogen and oxygen atoms in total. The van der Waals surface area contributed by atoms with Gasteiger partial charge in [-0.05, 0) is 49.0 Å². The maximum atomic E-state index is 12.5. The second kappa shape index (κ2) is 9.15. The van der Waals surface area contributed by atoms with Gasteiger partial charge in [-0.25, -0.2) is 8.42 Å². The van der Waals surface area contributed by atoms with Gasteiger partial charge in [-0.15, -0.1) is 0 Å². The monoisotopic (exact) mass is 430 g/mol. The number of carbonyl (C=O) groups excluding carboxylic acids is 1. The fraction of sp³-hybridized carbons (Fsp3) is 0.250. The van der Waals surface area contributed by atoms with E-state index in [1.165, 1.54) is 0 Å². The summed E-state index contributed by atoms with van der Waals surface area (Å²) in [5.41, 5.74) is 1.10. The van der Waals surface area contributed by atoms with E-state index in [0.29, 0.717) is 35.4 Å². The highest BCUT2D eigenvalue weighted by Crippen LogP contribution is 2.16. The fourth-order valence-corrected chi connectivity index (χ4v) is 4.59. The molecule has 1 amide bonds. The highest BCUT2D eigenvalue weighted by atomic mass is 32.2. The van der Waals surface area contributed by atoms with Crippen molar-refractivity contribution >= 4 is 28.0 Å². The number of H-pyrrole nitrogens is 1. The third-order valence-electron chi connectivity index (χ3n) is 4.46. The number of nitrogens with one attached hydrogen (secondary N) is 2. The number of hydrogen-bond acceptors (Lipinski definition) is 5. The number of carbonyl (C=O) groups is 1. The third kappa shape index (κ3) is 5.18. The molecule has 0 unspecified atom stereocenters. The van der Waals surface area contributed by atoms with E-state index in [2.05, 4.69) is 15.5 Å². The second-order valence-corrected chi connectivity index (χ2v) is 8.84. The van der Waals surface area contributed by atoms with Crippen molar-refractivity contribution < 1.29 is 13.2 Å². The van der Waals surface area contributed by atoms with Gasteiger partial charge in [0.15, 0.2) is 14.6 Å². The number of hydrogen-bond donors (Lipinski definition) is 2. The largest absolute Gasteiger partial charge is 0.352 e. The minimum Gasteiger partial charge on any atom is -0.352 e. The van der Waals surface area contributed by atoms with Crippen LogP contribution >= 0.6 is 12.2 Å². The number of aromatic amines is 1. The summed E-state index contributed by atoms with van der Waals surface area (Å²) in [4.78, 5) is 12.6. The Hall–Kier alpha value is -2.78. The van der Waals surface area contributed by atoms with Gasteiger partial charge in [-0.3, -0.25) is 9.89 Å². The number of sulfone groups is 1. The van der Waals surface area contributed by atoms with E-state index in [9.17, 15) is 13.2 Å². The molecule has 1 aromatic heterocycles. The molecule has 2 N–H and O–H groups in total. The number of rotatable bonds is 8. The summed E-state index contributed by atoms with van der Waals surface area (Å²) in [6.07, 6.45) is 0.556. The average Bonchev–Trinajstić information content (AvgIpc) is 3.08. The molecule has 0 atom stereocenters. The molecular formula is C20H22N4O3S2. The van der Waals surface area contributed by atoms with Crippen LogP contribution in [-0.4, -0.2) is 35.6 Å². The summed E-state index contributed by atoms with van der Waals surface area (Å²) < 4.78 is 27.3. The first-order valence-electron chi connectivity index (χ1n) is 9.19. The molecule has 0 radical (unpaired) electrons. The number of amides is 1. The zero-order chi connectivity index (χ0) is 20.9. The molecule has 0 bridgehead atoms. The van der Waals surface area contributed by atoms with Gasteiger partial charge in [-0.2, -0.15) is 5.10 Å². The lowest BCUT2D eigenvalue weighted by atomic mass is 10.1. The molecule has 0 aliphatic carbocycles. The van der Waals surface area contributed by atoms with E-state index >= 15 is 0 Å². The van der Waals surface area contributed by atoms with Crippen molar-refractivity contribution in [2.75, 3.05) is 6.54 Å². The first kappa shape index (κ1) is 20.9. The Morgan fingerprint density at radius 1 is 1.14 bits per heavy atom. The minimum atomic E-state index is -3.42. The SMILES string of the molecule is CCn1c(CCNC(=O)c2ccc(CS(=O)(=O)c3ccccc3)cc2)n[nH]c1=S. The molecule has 1 heterocycles. The van der Waals surface area contributed by atoms with Crippen LogP contribution in [0.1, 0.15) is 28.7 Å². The Bertz CT molecular complexity index is 1130. The molecule has 0 spiro atoms. The van der Waals surface area contributed by atoms with Gasteiger partial charge in [0.25, 0.3) is 5.91 Å². The zero-order valence-corrected chi connectivity index (χ0v) is 17.6. The Morgan fingerprint density at radius 2 is 1.83 bits per heavy atom. The van der Waals surface area contributed by atoms with Crippen molar-refractivity contribution in [3.8, 4) is 0 Å². The van der Waals surface area contributed by atoms with Crippen molar-refractivity contribution in [2.45, 2.75) is 30.5 Å². The maximum Gasteiger partial charge on any atom is 0.251 e. The van der Waals surface area contributed by atoms with E-state index in [1.54, 1.807) is 54.6 Å². The minimum absolute atomic E-state index is 0.113. The lowest BCUT2D eigenvalue weighted by Crippen LogP contribution is -2.26. The van der Waals surface area contributed by atoms with Crippen molar-refractivity contribution in [3.05, 3.63) is 76.3 Å². The van der Waals surface area contributed by atoms with Gasteiger partial charge in [-0.1, -0.05) is 30.3 Å². The standard InChI is InChI=1S/C20H22N4O3S2/c1-2-24-18(22-23-20(24)28)12-13-21-19(25)16-10-8-15(9-11-16)14-29(26,27)17-6-4-3-5-7-17/h3-11H,2,12-14H2,1H3,(H,21,25)(H,23,28). The first-order valence-corrected chi connectivity index (χ1v) is 11.3. The van der Waals surface area contributed by atoms with Crippen molar-refractivity contribution in [1.29, 1.82) is 0 Å². The molecule has 0 saturated heterocycles. The van der Waals surface area contributed by atoms with Gasteiger partial charge in [0.1, 0.15) is 5.82 Å². The zero-order valence-electron chi connectivity index (χ0n) is 16.0. The van der Waals surface area contributed by atoms with E-state index < -0.39 is 9.84 Å². The van der Waals surface area contributed by atoms with Gasteiger partial charge in [0.05, 0.1) is 10.6 Å². The van der Waals surface area contributed by atoms with Crippen LogP contribution in [0, 0.1) is 4.77 Å². The summed E-state index contributed by atoms with van der Waals surface area (Å²) in [7, 11) is -3.42. The summed E-state index contributed by atoms with van der Waals surface area (Å²) in [6.45, 7) is 3.11. The Balaban J connectivity index is 1.58. The fourth-order valence-electron chi connectivity index (χ4n) is 2.94. The van der Waals surface area contributed by atoms with Crippen LogP contribution in [0.25, 0.3) is 0 Å². The van der Waals surface area contributed by atoms with Crippen molar-refractivity contribution in [1.82, 2.24) is 20.1 Å². The number of benzene rings is 2. The molecule has 152 valence electrons. The lowest BCUT2D eigenvalue weighted by molar-refractivity contribution is 0.0954. The van der Waals surface area contributed by atoms with Crippen LogP contribution < -0.4 is 5.32 Å². The summed E-state index contributed by atoms with van der Waals surface area (Å²) >= 11 is 5.15. The van der Waals surface area contributed by atoms with Crippen LogP contribution in [0.3, 0.4) is 0 Å². The molecule has 2 aromatic carbocycles. The number of nitrogens with zero attached hydrogens (tertiary/aromatic N) is 2. The molecule has 9 heteroatoms. The van der Waals surface area contributed by atoms with E-state index in [-0.39, 0.29) is 16.6 Å². The Labute approximate surface area is 174 Å².